The lowest BCUT2D eigenvalue weighted by molar-refractivity contribution is -0.118. The van der Waals surface area contributed by atoms with Crippen molar-refractivity contribution in [3.05, 3.63) is 17.5 Å². The Kier molecular flexibility index (Phi) is 4.83. The van der Waals surface area contributed by atoms with Gasteiger partial charge >= 0.3 is 0 Å². The number of aryl methyl sites for hydroxylation is 1. The highest BCUT2D eigenvalue weighted by molar-refractivity contribution is 5.47. The van der Waals surface area contributed by atoms with Gasteiger partial charge in [0.05, 0.1) is 6.54 Å². The lowest BCUT2D eigenvalue weighted by Crippen LogP contribution is -2.30. The van der Waals surface area contributed by atoms with E-state index in [0.29, 0.717) is 13.1 Å². The summed E-state index contributed by atoms with van der Waals surface area (Å²) < 4.78 is 4.93. The minimum Gasteiger partial charge on any atom is -0.361 e. The molecule has 0 aromatic carbocycles. The molecule has 1 N–H and O–H groups in total. The van der Waals surface area contributed by atoms with E-state index in [1.54, 1.807) is 4.90 Å². The number of nitrogens with zero attached hydrogens (tertiary/aromatic N) is 2. The zero-order valence-corrected chi connectivity index (χ0v) is 9.19. The van der Waals surface area contributed by atoms with Crippen molar-refractivity contribution in [3.8, 4) is 0 Å². The molecule has 1 aromatic heterocycles. The monoisotopic (exact) mass is 211 g/mol. The molecule has 5 nitrogen and oxygen atoms in total. The number of rotatable bonds is 7. The van der Waals surface area contributed by atoms with Crippen molar-refractivity contribution in [1.29, 1.82) is 0 Å². The van der Waals surface area contributed by atoms with Crippen molar-refractivity contribution in [3.63, 3.8) is 0 Å². The summed E-state index contributed by atoms with van der Waals surface area (Å²) in [5, 5.41) is 7.00. The van der Waals surface area contributed by atoms with E-state index >= 15 is 0 Å². The summed E-state index contributed by atoms with van der Waals surface area (Å²) >= 11 is 0. The summed E-state index contributed by atoms with van der Waals surface area (Å²) in [6.07, 6.45) is 0.835. The van der Waals surface area contributed by atoms with Gasteiger partial charge < -0.3 is 14.7 Å². The Balaban J connectivity index is 2.36. The van der Waals surface area contributed by atoms with Crippen LogP contribution in [0.25, 0.3) is 0 Å². The van der Waals surface area contributed by atoms with Crippen LogP contribution in [0.15, 0.2) is 10.6 Å². The van der Waals surface area contributed by atoms with Crippen molar-refractivity contribution < 1.29 is 9.32 Å². The molecule has 1 heterocycles. The van der Waals surface area contributed by atoms with Crippen molar-refractivity contribution in [2.24, 2.45) is 0 Å². The molecule has 5 heteroatoms. The maximum absolute atomic E-state index is 10.8. The smallest absolute Gasteiger partial charge is 0.210 e. The Labute approximate surface area is 89.4 Å². The van der Waals surface area contributed by atoms with E-state index < -0.39 is 0 Å². The molecule has 0 aliphatic carbocycles. The summed E-state index contributed by atoms with van der Waals surface area (Å²) in [4.78, 5) is 12.4. The number of likely N-dealkylation sites (N-methyl/N-ethyl adjacent to an activating group) is 1. The van der Waals surface area contributed by atoms with Gasteiger partial charge in [0, 0.05) is 19.2 Å². The molecule has 84 valence electrons. The first-order valence-corrected chi connectivity index (χ1v) is 5.08. The molecule has 15 heavy (non-hydrogen) atoms. The van der Waals surface area contributed by atoms with Gasteiger partial charge in [-0.2, -0.15) is 0 Å². The van der Waals surface area contributed by atoms with Gasteiger partial charge in [-0.3, -0.25) is 4.79 Å². The summed E-state index contributed by atoms with van der Waals surface area (Å²) in [5.74, 6) is 0.766. The fraction of sp³-hybridized carbons (Fsp3) is 0.600. The van der Waals surface area contributed by atoms with Gasteiger partial charge in [-0.1, -0.05) is 12.1 Å². The zero-order valence-electron chi connectivity index (χ0n) is 9.19. The Hall–Kier alpha value is -1.36. The summed E-state index contributed by atoms with van der Waals surface area (Å²) in [6.45, 7) is 6.77. The Bertz CT molecular complexity index is 299. The van der Waals surface area contributed by atoms with E-state index in [9.17, 15) is 4.79 Å². The fourth-order valence-corrected chi connectivity index (χ4v) is 1.27. The molecular formula is C10H17N3O2. The molecule has 1 aromatic rings. The molecule has 0 unspecified atom stereocenters. The minimum atomic E-state index is 0.506. The van der Waals surface area contributed by atoms with Crippen molar-refractivity contribution in [2.75, 3.05) is 19.6 Å². The number of hydrogen-bond acceptors (Lipinski definition) is 4. The van der Waals surface area contributed by atoms with E-state index in [1.807, 2.05) is 19.9 Å². The van der Waals surface area contributed by atoms with Gasteiger partial charge in [0.1, 0.15) is 11.5 Å². The quantitative estimate of drug-likeness (QED) is 0.528. The number of aromatic nitrogens is 1. The topological polar surface area (TPSA) is 58.4 Å². The molecule has 0 saturated heterocycles. The van der Waals surface area contributed by atoms with Crippen LogP contribution >= 0.6 is 0 Å². The second-order valence-corrected chi connectivity index (χ2v) is 3.36. The maximum atomic E-state index is 10.8. The predicted octanol–water partition coefficient (Wildman–Crippen LogP) is 0.551. The Morgan fingerprint density at radius 1 is 1.67 bits per heavy atom. The SMILES string of the molecule is CCNCCN(C=O)Cc1cc(C)on1. The largest absolute Gasteiger partial charge is 0.361 e. The average Bonchev–Trinajstić information content (AvgIpc) is 2.63. The van der Waals surface area contributed by atoms with Gasteiger partial charge in [0.15, 0.2) is 0 Å². The third kappa shape index (κ3) is 4.12. The Morgan fingerprint density at radius 3 is 3.00 bits per heavy atom. The normalized spacial score (nSPS) is 10.3. The van der Waals surface area contributed by atoms with Crippen LogP contribution < -0.4 is 5.32 Å². The highest BCUT2D eigenvalue weighted by Gasteiger charge is 2.06. The van der Waals surface area contributed by atoms with Crippen LogP contribution in [0.4, 0.5) is 0 Å². The van der Waals surface area contributed by atoms with E-state index in [1.165, 1.54) is 0 Å². The molecule has 1 rings (SSSR count). The van der Waals surface area contributed by atoms with Gasteiger partial charge in [-0.05, 0) is 13.5 Å². The van der Waals surface area contributed by atoms with Crippen LogP contribution in [0.2, 0.25) is 0 Å². The van der Waals surface area contributed by atoms with E-state index in [0.717, 1.165) is 31.0 Å². The van der Waals surface area contributed by atoms with Crippen LogP contribution in [0.3, 0.4) is 0 Å². The number of hydrogen-bond donors (Lipinski definition) is 1. The van der Waals surface area contributed by atoms with Crippen LogP contribution in [0, 0.1) is 6.92 Å². The van der Waals surface area contributed by atoms with Crippen molar-refractivity contribution >= 4 is 6.41 Å². The molecule has 1 amide bonds. The predicted molar refractivity (Wildman–Crippen MR) is 56.3 cm³/mol. The lowest BCUT2D eigenvalue weighted by atomic mass is 10.3. The van der Waals surface area contributed by atoms with Crippen LogP contribution in [0.1, 0.15) is 18.4 Å². The second kappa shape index (κ2) is 6.19. The highest BCUT2D eigenvalue weighted by atomic mass is 16.5. The van der Waals surface area contributed by atoms with Gasteiger partial charge in [-0.15, -0.1) is 0 Å². The summed E-state index contributed by atoms with van der Waals surface area (Å²) in [7, 11) is 0. The molecular weight excluding hydrogens is 194 g/mol. The number of carbonyl (C=O) groups excluding carboxylic acids is 1. The van der Waals surface area contributed by atoms with Crippen LogP contribution in [-0.2, 0) is 11.3 Å². The molecule has 0 aliphatic rings. The van der Waals surface area contributed by atoms with Crippen molar-refractivity contribution in [2.45, 2.75) is 20.4 Å². The average molecular weight is 211 g/mol. The first kappa shape index (κ1) is 11.7. The standard InChI is InChI=1S/C10H17N3O2/c1-3-11-4-5-13(8-14)7-10-6-9(2)15-12-10/h6,8,11H,3-5,7H2,1-2H3. The molecule has 0 atom stereocenters. The number of nitrogens with one attached hydrogen (secondary N) is 1. The minimum absolute atomic E-state index is 0.506. The third-order valence-corrected chi connectivity index (χ3v) is 2.02. The molecule has 0 aliphatic heterocycles. The first-order valence-electron chi connectivity index (χ1n) is 5.08. The third-order valence-electron chi connectivity index (χ3n) is 2.02. The highest BCUT2D eigenvalue weighted by Crippen LogP contribution is 2.03. The van der Waals surface area contributed by atoms with Crippen LogP contribution in [0.5, 0.6) is 0 Å². The number of carbonyl (C=O) groups is 1. The summed E-state index contributed by atoms with van der Waals surface area (Å²) in [6, 6.07) is 1.84. The second-order valence-electron chi connectivity index (χ2n) is 3.36. The van der Waals surface area contributed by atoms with E-state index in [2.05, 4.69) is 10.5 Å². The molecule has 0 saturated carbocycles. The molecule has 0 fully saturated rings. The molecule has 0 bridgehead atoms. The van der Waals surface area contributed by atoms with Crippen LogP contribution in [-0.4, -0.2) is 36.1 Å². The van der Waals surface area contributed by atoms with Gasteiger partial charge in [0.25, 0.3) is 0 Å². The van der Waals surface area contributed by atoms with Gasteiger partial charge in [-0.25, -0.2) is 0 Å². The van der Waals surface area contributed by atoms with E-state index in [-0.39, 0.29) is 0 Å². The lowest BCUT2D eigenvalue weighted by Gasteiger charge is -2.15. The number of amides is 1. The summed E-state index contributed by atoms with van der Waals surface area (Å²) in [5.41, 5.74) is 0.788. The fourth-order valence-electron chi connectivity index (χ4n) is 1.27. The molecule has 0 spiro atoms. The Morgan fingerprint density at radius 2 is 2.47 bits per heavy atom. The van der Waals surface area contributed by atoms with E-state index in [4.69, 9.17) is 4.52 Å². The molecule has 0 radical (unpaired) electrons. The van der Waals surface area contributed by atoms with Crippen molar-refractivity contribution in [1.82, 2.24) is 15.4 Å². The zero-order chi connectivity index (χ0) is 11.1. The maximum Gasteiger partial charge on any atom is 0.210 e. The first-order chi connectivity index (χ1) is 7.26. The van der Waals surface area contributed by atoms with Gasteiger partial charge in [0.2, 0.25) is 6.41 Å².